The van der Waals surface area contributed by atoms with Gasteiger partial charge in [0.15, 0.2) is 0 Å². The van der Waals surface area contributed by atoms with E-state index in [1.165, 1.54) is 51.4 Å². The lowest BCUT2D eigenvalue weighted by molar-refractivity contribution is -0.143. The zero-order valence-corrected chi connectivity index (χ0v) is 15.5. The van der Waals surface area contributed by atoms with E-state index in [0.29, 0.717) is 19.6 Å². The predicted molar refractivity (Wildman–Crippen MR) is 97.3 cm³/mol. The molecule has 0 heterocycles. The van der Waals surface area contributed by atoms with Gasteiger partial charge in [0, 0.05) is 13.0 Å². The van der Waals surface area contributed by atoms with Crippen LogP contribution in [0.2, 0.25) is 0 Å². The molecule has 0 spiro atoms. The van der Waals surface area contributed by atoms with Crippen molar-refractivity contribution in [3.63, 3.8) is 0 Å². The molecular formula is C19H37NO4. The van der Waals surface area contributed by atoms with Crippen LogP contribution < -0.4 is 5.32 Å². The molecule has 0 radical (unpaired) electrons. The van der Waals surface area contributed by atoms with E-state index in [4.69, 9.17) is 9.84 Å². The van der Waals surface area contributed by atoms with Gasteiger partial charge in [0.1, 0.15) is 0 Å². The number of amides is 1. The first kappa shape index (κ1) is 22.7. The average molecular weight is 344 g/mol. The molecule has 0 saturated heterocycles. The van der Waals surface area contributed by atoms with Gasteiger partial charge in [-0.25, -0.2) is 4.79 Å². The summed E-state index contributed by atoms with van der Waals surface area (Å²) in [5.74, 6) is -0.128. The molecule has 5 heteroatoms. The number of nitrogens with one attached hydrogen (secondary N) is 1. The third kappa shape index (κ3) is 18.8. The number of unbranched alkanes of at least 4 members (excludes halogenated alkanes) is 11. The molecule has 0 aliphatic rings. The standard InChI is InChI=1S/C19H37NO4/c1-2-3-4-5-6-7-8-9-10-14-17-24-18(21)15-12-11-13-16-20-19(22)23/h20H,2-17H2,1H3,(H,22,23). The van der Waals surface area contributed by atoms with Crippen LogP contribution in [0, 0.1) is 0 Å². The molecule has 0 aromatic heterocycles. The summed E-state index contributed by atoms with van der Waals surface area (Å²) in [5, 5.41) is 10.7. The van der Waals surface area contributed by atoms with E-state index in [0.717, 1.165) is 32.1 Å². The van der Waals surface area contributed by atoms with E-state index in [1.807, 2.05) is 0 Å². The summed E-state index contributed by atoms with van der Waals surface area (Å²) < 4.78 is 5.21. The van der Waals surface area contributed by atoms with Crippen molar-refractivity contribution < 1.29 is 19.4 Å². The van der Waals surface area contributed by atoms with Crippen molar-refractivity contribution in [2.24, 2.45) is 0 Å². The number of carboxylic acid groups (broad SMARTS) is 1. The van der Waals surface area contributed by atoms with Crippen LogP contribution in [-0.4, -0.2) is 30.3 Å². The lowest BCUT2D eigenvalue weighted by Gasteiger charge is -2.05. The summed E-state index contributed by atoms with van der Waals surface area (Å²) >= 11 is 0. The minimum Gasteiger partial charge on any atom is -0.466 e. The van der Waals surface area contributed by atoms with Crippen LogP contribution in [-0.2, 0) is 9.53 Å². The molecule has 0 aromatic carbocycles. The van der Waals surface area contributed by atoms with E-state index in [9.17, 15) is 9.59 Å². The molecule has 0 aliphatic carbocycles. The molecule has 0 aromatic rings. The van der Waals surface area contributed by atoms with Crippen LogP contribution in [0.25, 0.3) is 0 Å². The SMILES string of the molecule is CCCCCCCCCCCCOC(=O)CCCCCNC(=O)O. The van der Waals surface area contributed by atoms with Crippen LogP contribution in [0.1, 0.15) is 96.8 Å². The molecule has 0 rings (SSSR count). The molecule has 5 nitrogen and oxygen atoms in total. The highest BCUT2D eigenvalue weighted by molar-refractivity contribution is 5.69. The monoisotopic (exact) mass is 343 g/mol. The molecule has 0 atom stereocenters. The molecule has 0 bridgehead atoms. The molecule has 24 heavy (non-hydrogen) atoms. The Bertz CT molecular complexity index is 308. The number of carbonyl (C=O) groups is 2. The maximum Gasteiger partial charge on any atom is 0.404 e. The van der Waals surface area contributed by atoms with Gasteiger partial charge in [0.05, 0.1) is 6.61 Å². The Morgan fingerprint density at radius 2 is 1.33 bits per heavy atom. The van der Waals surface area contributed by atoms with Crippen molar-refractivity contribution in [2.45, 2.75) is 96.8 Å². The van der Waals surface area contributed by atoms with Crippen molar-refractivity contribution in [2.75, 3.05) is 13.2 Å². The first-order chi connectivity index (χ1) is 11.7. The quantitative estimate of drug-likeness (QED) is 0.278. The van der Waals surface area contributed by atoms with Gasteiger partial charge in [-0.05, 0) is 19.3 Å². The minimum absolute atomic E-state index is 0.128. The van der Waals surface area contributed by atoms with Gasteiger partial charge in [0.2, 0.25) is 0 Å². The number of ether oxygens (including phenoxy) is 1. The van der Waals surface area contributed by atoms with Crippen molar-refractivity contribution in [1.29, 1.82) is 0 Å². The number of hydrogen-bond acceptors (Lipinski definition) is 3. The molecular weight excluding hydrogens is 306 g/mol. The topological polar surface area (TPSA) is 75.6 Å². The molecule has 2 N–H and O–H groups in total. The smallest absolute Gasteiger partial charge is 0.404 e. The highest BCUT2D eigenvalue weighted by Crippen LogP contribution is 2.10. The van der Waals surface area contributed by atoms with Gasteiger partial charge in [-0.1, -0.05) is 71.1 Å². The number of carbonyl (C=O) groups excluding carboxylic acids is 1. The maximum atomic E-state index is 11.5. The number of rotatable bonds is 17. The van der Waals surface area contributed by atoms with Gasteiger partial charge < -0.3 is 15.2 Å². The zero-order chi connectivity index (χ0) is 17.9. The van der Waals surface area contributed by atoms with Crippen molar-refractivity contribution in [1.82, 2.24) is 5.32 Å². The fourth-order valence-electron chi connectivity index (χ4n) is 2.61. The van der Waals surface area contributed by atoms with Gasteiger partial charge in [-0.2, -0.15) is 0 Å². The Kier molecular flexibility index (Phi) is 17.1. The molecule has 0 saturated carbocycles. The highest BCUT2D eigenvalue weighted by Gasteiger charge is 2.02. The normalized spacial score (nSPS) is 10.5. The first-order valence-electron chi connectivity index (χ1n) is 9.79. The Morgan fingerprint density at radius 1 is 0.792 bits per heavy atom. The summed E-state index contributed by atoms with van der Waals surface area (Å²) in [6.07, 6.45) is 14.6. The Labute approximate surface area is 147 Å². The van der Waals surface area contributed by atoms with Crippen LogP contribution >= 0.6 is 0 Å². The summed E-state index contributed by atoms with van der Waals surface area (Å²) in [7, 11) is 0. The second-order valence-corrected chi connectivity index (χ2v) is 6.45. The third-order valence-corrected chi connectivity index (χ3v) is 4.09. The second kappa shape index (κ2) is 18.1. The van der Waals surface area contributed by atoms with Crippen molar-refractivity contribution >= 4 is 12.1 Å². The van der Waals surface area contributed by atoms with E-state index in [-0.39, 0.29) is 5.97 Å². The molecule has 0 aliphatic heterocycles. The summed E-state index contributed by atoms with van der Waals surface area (Å²) in [5.41, 5.74) is 0. The highest BCUT2D eigenvalue weighted by atomic mass is 16.5. The fraction of sp³-hybridized carbons (Fsp3) is 0.895. The van der Waals surface area contributed by atoms with E-state index in [2.05, 4.69) is 12.2 Å². The van der Waals surface area contributed by atoms with E-state index < -0.39 is 6.09 Å². The van der Waals surface area contributed by atoms with Crippen molar-refractivity contribution in [3.8, 4) is 0 Å². The average Bonchev–Trinajstić information content (AvgIpc) is 2.55. The zero-order valence-electron chi connectivity index (χ0n) is 15.5. The third-order valence-electron chi connectivity index (χ3n) is 4.09. The van der Waals surface area contributed by atoms with Crippen molar-refractivity contribution in [3.05, 3.63) is 0 Å². The second-order valence-electron chi connectivity index (χ2n) is 6.45. The van der Waals surface area contributed by atoms with Crippen LogP contribution in [0.15, 0.2) is 0 Å². The summed E-state index contributed by atoms with van der Waals surface area (Å²) in [4.78, 5) is 21.8. The summed E-state index contributed by atoms with van der Waals surface area (Å²) in [6.45, 7) is 3.23. The van der Waals surface area contributed by atoms with Crippen LogP contribution in [0.3, 0.4) is 0 Å². The van der Waals surface area contributed by atoms with Crippen LogP contribution in [0.4, 0.5) is 4.79 Å². The van der Waals surface area contributed by atoms with Gasteiger partial charge in [-0.3, -0.25) is 4.79 Å². The largest absolute Gasteiger partial charge is 0.466 e. The van der Waals surface area contributed by atoms with Crippen LogP contribution in [0.5, 0.6) is 0 Å². The number of esters is 1. The van der Waals surface area contributed by atoms with Gasteiger partial charge in [0.25, 0.3) is 0 Å². The van der Waals surface area contributed by atoms with Gasteiger partial charge >= 0.3 is 12.1 Å². The molecule has 0 unspecified atom stereocenters. The maximum absolute atomic E-state index is 11.5. The predicted octanol–water partition coefficient (Wildman–Crippen LogP) is 5.28. The Hall–Kier alpha value is -1.26. The van der Waals surface area contributed by atoms with E-state index in [1.54, 1.807) is 0 Å². The summed E-state index contributed by atoms with van der Waals surface area (Å²) in [6, 6.07) is 0. The fourth-order valence-corrected chi connectivity index (χ4v) is 2.61. The lowest BCUT2D eigenvalue weighted by atomic mass is 10.1. The molecule has 0 fully saturated rings. The molecule has 142 valence electrons. The Balaban J connectivity index is 3.16. The first-order valence-corrected chi connectivity index (χ1v) is 9.79. The van der Waals surface area contributed by atoms with Gasteiger partial charge in [-0.15, -0.1) is 0 Å². The Morgan fingerprint density at radius 3 is 1.92 bits per heavy atom. The lowest BCUT2D eigenvalue weighted by Crippen LogP contribution is -2.21. The molecule has 1 amide bonds. The van der Waals surface area contributed by atoms with E-state index >= 15 is 0 Å². The minimum atomic E-state index is -0.995. The number of hydrogen-bond donors (Lipinski definition) is 2.